The number of esters is 1. The van der Waals surface area contributed by atoms with Crippen LogP contribution in [0.4, 0.5) is 42.9 Å². The molecule has 0 spiro atoms. The third-order valence-electron chi connectivity index (χ3n) is 6.48. The van der Waals surface area contributed by atoms with Gasteiger partial charge in [0.15, 0.2) is 17.6 Å². The highest BCUT2D eigenvalue weighted by Gasteiger charge is 2.45. The second-order valence-electron chi connectivity index (χ2n) is 8.85. The molecule has 2 aromatic rings. The minimum Gasteiger partial charge on any atom is -0.465 e. The van der Waals surface area contributed by atoms with E-state index in [0.29, 0.717) is 4.90 Å². The fourth-order valence-corrected chi connectivity index (χ4v) is 4.53. The second kappa shape index (κ2) is 10.5. The van der Waals surface area contributed by atoms with Crippen molar-refractivity contribution in [1.29, 1.82) is 0 Å². The van der Waals surface area contributed by atoms with Crippen molar-refractivity contribution >= 4 is 35.3 Å². The highest BCUT2D eigenvalue weighted by Crippen LogP contribution is 2.35. The molecule has 1 unspecified atom stereocenters. The normalized spacial score (nSPS) is 18.1. The molecule has 1 N–H and O–H groups in total. The minimum absolute atomic E-state index is 0.00177. The number of hydrogen-bond acceptors (Lipinski definition) is 5. The number of ether oxygens (including phenoxy) is 1. The summed E-state index contributed by atoms with van der Waals surface area (Å²) in [5.74, 6) is -6.02. The SMILES string of the molecule is CCOC(=O)C1CN(c2cc(F)c(N3CCNC3=O)c(F)c2)C(=O)N(Cc2cccc(C(F)(F)F)c2C)C1=O. The molecule has 0 aromatic heterocycles. The van der Waals surface area contributed by atoms with Crippen molar-refractivity contribution < 1.29 is 45.9 Å². The van der Waals surface area contributed by atoms with Gasteiger partial charge >= 0.3 is 24.2 Å². The Morgan fingerprint density at radius 1 is 1.10 bits per heavy atom. The van der Waals surface area contributed by atoms with Crippen LogP contribution in [0, 0.1) is 24.5 Å². The number of carbonyl (C=O) groups is 4. The molecule has 0 bridgehead atoms. The van der Waals surface area contributed by atoms with Crippen LogP contribution in [0.5, 0.6) is 0 Å². The van der Waals surface area contributed by atoms with Gasteiger partial charge in [-0.2, -0.15) is 13.2 Å². The number of urea groups is 2. The van der Waals surface area contributed by atoms with Crippen molar-refractivity contribution in [1.82, 2.24) is 10.2 Å². The summed E-state index contributed by atoms with van der Waals surface area (Å²) in [7, 11) is 0. The molecular weight excluding hydrogens is 531 g/mol. The molecule has 9 nitrogen and oxygen atoms in total. The number of benzene rings is 2. The Kier molecular flexibility index (Phi) is 7.48. The number of nitrogens with zero attached hydrogens (tertiary/aromatic N) is 3. The largest absolute Gasteiger partial charge is 0.465 e. The Morgan fingerprint density at radius 2 is 1.77 bits per heavy atom. The molecule has 39 heavy (non-hydrogen) atoms. The molecule has 1 atom stereocenters. The first-order chi connectivity index (χ1) is 18.3. The molecule has 2 aromatic carbocycles. The van der Waals surface area contributed by atoms with Crippen molar-refractivity contribution in [2.24, 2.45) is 5.92 Å². The second-order valence-corrected chi connectivity index (χ2v) is 8.85. The molecule has 0 saturated carbocycles. The number of carbonyl (C=O) groups excluding carboxylic acids is 4. The van der Waals surface area contributed by atoms with E-state index >= 15 is 8.78 Å². The van der Waals surface area contributed by atoms with Gasteiger partial charge in [-0.25, -0.2) is 18.4 Å². The van der Waals surface area contributed by atoms with Crippen LogP contribution in [0.25, 0.3) is 0 Å². The Bertz CT molecular complexity index is 1330. The predicted molar refractivity (Wildman–Crippen MR) is 127 cm³/mol. The van der Waals surface area contributed by atoms with E-state index in [1.165, 1.54) is 19.9 Å². The maximum absolute atomic E-state index is 15.0. The van der Waals surface area contributed by atoms with E-state index in [2.05, 4.69) is 5.32 Å². The van der Waals surface area contributed by atoms with Gasteiger partial charge in [0.2, 0.25) is 5.91 Å². The van der Waals surface area contributed by atoms with E-state index in [1.54, 1.807) is 0 Å². The van der Waals surface area contributed by atoms with E-state index < -0.39 is 72.0 Å². The Hall–Kier alpha value is -4.23. The molecule has 14 heteroatoms. The number of alkyl halides is 3. The van der Waals surface area contributed by atoms with Crippen LogP contribution in [0.2, 0.25) is 0 Å². The molecule has 2 aliphatic heterocycles. The van der Waals surface area contributed by atoms with Crippen molar-refractivity contribution in [2.45, 2.75) is 26.6 Å². The average molecular weight is 554 g/mol. The van der Waals surface area contributed by atoms with Crippen LogP contribution >= 0.6 is 0 Å². The number of amides is 5. The number of rotatable bonds is 6. The van der Waals surface area contributed by atoms with Gasteiger partial charge < -0.3 is 10.1 Å². The number of halogens is 5. The van der Waals surface area contributed by atoms with Gasteiger partial charge in [-0.05, 0) is 31.0 Å². The number of imide groups is 1. The van der Waals surface area contributed by atoms with Gasteiger partial charge in [-0.1, -0.05) is 12.1 Å². The van der Waals surface area contributed by atoms with Crippen molar-refractivity contribution in [2.75, 3.05) is 36.0 Å². The summed E-state index contributed by atoms with van der Waals surface area (Å²) in [5.41, 5.74) is -2.25. The molecule has 5 amide bonds. The van der Waals surface area contributed by atoms with E-state index in [0.717, 1.165) is 34.1 Å². The molecule has 2 heterocycles. The van der Waals surface area contributed by atoms with Crippen LogP contribution < -0.4 is 15.1 Å². The number of nitrogens with one attached hydrogen (secondary N) is 1. The molecule has 0 radical (unpaired) electrons. The lowest BCUT2D eigenvalue weighted by molar-refractivity contribution is -0.154. The lowest BCUT2D eigenvalue weighted by Crippen LogP contribution is -2.58. The lowest BCUT2D eigenvalue weighted by atomic mass is 9.99. The summed E-state index contributed by atoms with van der Waals surface area (Å²) in [5, 5.41) is 2.41. The maximum Gasteiger partial charge on any atom is 0.416 e. The van der Waals surface area contributed by atoms with E-state index in [1.807, 2.05) is 0 Å². The molecule has 0 aliphatic carbocycles. The summed E-state index contributed by atoms with van der Waals surface area (Å²) in [6.45, 7) is 1.44. The summed E-state index contributed by atoms with van der Waals surface area (Å²) >= 11 is 0. The fraction of sp³-hybridized carbons (Fsp3) is 0.360. The molecule has 2 fully saturated rings. The third kappa shape index (κ3) is 5.22. The average Bonchev–Trinajstić information content (AvgIpc) is 3.27. The zero-order valence-corrected chi connectivity index (χ0v) is 20.8. The highest BCUT2D eigenvalue weighted by atomic mass is 19.4. The summed E-state index contributed by atoms with van der Waals surface area (Å²) < 4.78 is 75.3. The quantitative estimate of drug-likeness (QED) is 0.331. The van der Waals surface area contributed by atoms with Crippen molar-refractivity contribution in [3.63, 3.8) is 0 Å². The standard InChI is InChI=1S/C25H23F5N4O5/c1-3-39-22(36)16-12-33(15-9-18(26)20(19(27)10-15)32-8-7-31-23(32)37)24(38)34(21(16)35)11-14-5-4-6-17(13(14)2)25(28,29)30/h4-6,9-10,16H,3,7-8,11-12H2,1-2H3,(H,31,37). The van der Waals surface area contributed by atoms with Crippen LogP contribution in [-0.4, -0.2) is 55.1 Å². The first-order valence-electron chi connectivity index (χ1n) is 11.8. The van der Waals surface area contributed by atoms with Crippen molar-refractivity contribution in [3.8, 4) is 0 Å². The van der Waals surface area contributed by atoms with E-state index in [4.69, 9.17) is 4.74 Å². The van der Waals surface area contributed by atoms with E-state index in [9.17, 15) is 32.3 Å². The van der Waals surface area contributed by atoms with Crippen LogP contribution in [0.1, 0.15) is 23.6 Å². The zero-order chi connectivity index (χ0) is 28.6. The fourth-order valence-electron chi connectivity index (χ4n) is 4.53. The number of anilines is 2. The monoisotopic (exact) mass is 554 g/mol. The molecule has 2 aliphatic rings. The summed E-state index contributed by atoms with van der Waals surface area (Å²) in [6.07, 6.45) is -4.70. The van der Waals surface area contributed by atoms with Gasteiger partial charge in [-0.15, -0.1) is 0 Å². The lowest BCUT2D eigenvalue weighted by Gasteiger charge is -2.38. The Balaban J connectivity index is 1.74. The number of hydrogen-bond donors (Lipinski definition) is 1. The van der Waals surface area contributed by atoms with Crippen LogP contribution in [0.15, 0.2) is 30.3 Å². The smallest absolute Gasteiger partial charge is 0.416 e. The zero-order valence-electron chi connectivity index (χ0n) is 20.8. The predicted octanol–water partition coefficient (Wildman–Crippen LogP) is 3.97. The minimum atomic E-state index is -4.70. The summed E-state index contributed by atoms with van der Waals surface area (Å²) in [6, 6.07) is 2.97. The molecule has 4 rings (SSSR count). The summed E-state index contributed by atoms with van der Waals surface area (Å²) in [4.78, 5) is 53.3. The van der Waals surface area contributed by atoms with Gasteiger partial charge in [0, 0.05) is 25.2 Å². The topological polar surface area (TPSA) is 99.3 Å². The van der Waals surface area contributed by atoms with Gasteiger partial charge in [0.05, 0.1) is 30.9 Å². The van der Waals surface area contributed by atoms with Crippen LogP contribution in [0.3, 0.4) is 0 Å². The molecule has 208 valence electrons. The van der Waals surface area contributed by atoms with Crippen molar-refractivity contribution in [3.05, 3.63) is 58.7 Å². The third-order valence-corrected chi connectivity index (χ3v) is 6.48. The first kappa shape index (κ1) is 27.8. The molecular formula is C25H23F5N4O5. The Labute approximate surface area is 219 Å². The maximum atomic E-state index is 15.0. The van der Waals surface area contributed by atoms with Gasteiger partial charge in [0.1, 0.15) is 5.69 Å². The highest BCUT2D eigenvalue weighted by molar-refractivity contribution is 6.12. The first-order valence-corrected chi connectivity index (χ1v) is 11.8. The van der Waals surface area contributed by atoms with E-state index in [-0.39, 0.29) is 36.5 Å². The van der Waals surface area contributed by atoms with Gasteiger partial charge in [0.25, 0.3) is 0 Å². The van der Waals surface area contributed by atoms with Gasteiger partial charge in [-0.3, -0.25) is 24.3 Å². The Morgan fingerprint density at radius 3 is 2.33 bits per heavy atom. The molecule has 2 saturated heterocycles. The van der Waals surface area contributed by atoms with Crippen LogP contribution in [-0.2, 0) is 27.0 Å².